The molecule has 1 saturated carbocycles. The number of guanidine groups is 1. The Bertz CT molecular complexity index is 568. The van der Waals surface area contributed by atoms with Crippen molar-refractivity contribution in [1.82, 2.24) is 15.5 Å². The summed E-state index contributed by atoms with van der Waals surface area (Å²) >= 11 is 0. The van der Waals surface area contributed by atoms with E-state index in [1.165, 1.54) is 30.4 Å². The SMILES string of the molecule is CCN(CC)Cc1ccc(CNC(=NC)NCC2(CCOC)CCC2)cc1.I. The number of rotatable bonds is 11. The number of halogens is 1. The maximum Gasteiger partial charge on any atom is 0.191 e. The summed E-state index contributed by atoms with van der Waals surface area (Å²) in [6, 6.07) is 8.90. The van der Waals surface area contributed by atoms with Crippen molar-refractivity contribution < 1.29 is 4.74 Å². The molecule has 0 radical (unpaired) electrons. The molecule has 1 aromatic carbocycles. The van der Waals surface area contributed by atoms with Crippen LogP contribution in [0.4, 0.5) is 0 Å². The van der Waals surface area contributed by atoms with Crippen LogP contribution < -0.4 is 10.6 Å². The largest absolute Gasteiger partial charge is 0.385 e. The van der Waals surface area contributed by atoms with Gasteiger partial charge in [0.15, 0.2) is 5.96 Å². The summed E-state index contributed by atoms with van der Waals surface area (Å²) in [5, 5.41) is 6.96. The van der Waals surface area contributed by atoms with Gasteiger partial charge in [-0.05, 0) is 48.9 Å². The summed E-state index contributed by atoms with van der Waals surface area (Å²) in [7, 11) is 3.62. The smallest absolute Gasteiger partial charge is 0.191 e. The number of hydrogen-bond acceptors (Lipinski definition) is 3. The summed E-state index contributed by atoms with van der Waals surface area (Å²) in [5.41, 5.74) is 3.04. The summed E-state index contributed by atoms with van der Waals surface area (Å²) in [6.07, 6.45) is 5.03. The first kappa shape index (κ1) is 25.2. The lowest BCUT2D eigenvalue weighted by molar-refractivity contribution is 0.0732. The molecule has 0 saturated heterocycles. The third-order valence-corrected chi connectivity index (χ3v) is 5.89. The lowest BCUT2D eigenvalue weighted by Crippen LogP contribution is -2.46. The van der Waals surface area contributed by atoms with E-state index in [0.29, 0.717) is 5.41 Å². The maximum absolute atomic E-state index is 5.28. The van der Waals surface area contributed by atoms with Crippen molar-refractivity contribution in [1.29, 1.82) is 0 Å². The number of benzene rings is 1. The first-order valence-electron chi connectivity index (χ1n) is 10.4. The molecule has 0 aliphatic heterocycles. The van der Waals surface area contributed by atoms with Crippen LogP contribution in [0.5, 0.6) is 0 Å². The lowest BCUT2D eigenvalue weighted by Gasteiger charge is -2.42. The van der Waals surface area contributed by atoms with E-state index in [-0.39, 0.29) is 24.0 Å². The molecule has 0 heterocycles. The molecule has 1 aromatic rings. The number of methoxy groups -OCH3 is 1. The van der Waals surface area contributed by atoms with E-state index >= 15 is 0 Å². The van der Waals surface area contributed by atoms with Gasteiger partial charge in [-0.25, -0.2) is 0 Å². The molecule has 0 bridgehead atoms. The van der Waals surface area contributed by atoms with Crippen molar-refractivity contribution in [2.45, 2.75) is 52.6 Å². The molecule has 0 aromatic heterocycles. The fourth-order valence-corrected chi connectivity index (χ4v) is 3.66. The van der Waals surface area contributed by atoms with Gasteiger partial charge in [0.25, 0.3) is 0 Å². The fourth-order valence-electron chi connectivity index (χ4n) is 3.66. The molecule has 2 rings (SSSR count). The highest BCUT2D eigenvalue weighted by Crippen LogP contribution is 2.43. The third-order valence-electron chi connectivity index (χ3n) is 5.89. The van der Waals surface area contributed by atoms with Gasteiger partial charge in [-0.1, -0.05) is 44.5 Å². The van der Waals surface area contributed by atoms with Crippen LogP contribution in [0, 0.1) is 5.41 Å². The number of nitrogens with one attached hydrogen (secondary N) is 2. The number of aliphatic imine (C=N–C) groups is 1. The van der Waals surface area contributed by atoms with E-state index < -0.39 is 0 Å². The Kier molecular flexibility index (Phi) is 12.0. The van der Waals surface area contributed by atoms with Crippen molar-refractivity contribution in [3.8, 4) is 0 Å². The molecular weight excluding hydrogens is 463 g/mol. The highest BCUT2D eigenvalue weighted by Gasteiger charge is 2.36. The van der Waals surface area contributed by atoms with Gasteiger partial charge in [-0.15, -0.1) is 24.0 Å². The molecule has 1 aliphatic rings. The summed E-state index contributed by atoms with van der Waals surface area (Å²) < 4.78 is 5.28. The van der Waals surface area contributed by atoms with E-state index in [1.54, 1.807) is 7.11 Å². The van der Waals surface area contributed by atoms with Crippen LogP contribution in [-0.2, 0) is 17.8 Å². The second-order valence-corrected chi connectivity index (χ2v) is 7.65. The molecule has 160 valence electrons. The molecule has 6 heteroatoms. The van der Waals surface area contributed by atoms with Crippen LogP contribution in [0.25, 0.3) is 0 Å². The third kappa shape index (κ3) is 7.87. The normalized spacial score (nSPS) is 15.7. The van der Waals surface area contributed by atoms with Gasteiger partial charge in [-0.3, -0.25) is 9.89 Å². The van der Waals surface area contributed by atoms with Gasteiger partial charge in [0.1, 0.15) is 0 Å². The predicted octanol–water partition coefficient (Wildman–Crippen LogP) is 4.02. The minimum atomic E-state index is 0. The van der Waals surface area contributed by atoms with E-state index in [1.807, 2.05) is 7.05 Å². The van der Waals surface area contributed by atoms with E-state index in [4.69, 9.17) is 4.74 Å². The van der Waals surface area contributed by atoms with Crippen LogP contribution >= 0.6 is 24.0 Å². The highest BCUT2D eigenvalue weighted by molar-refractivity contribution is 14.0. The van der Waals surface area contributed by atoms with Crippen LogP contribution in [0.1, 0.15) is 50.7 Å². The highest BCUT2D eigenvalue weighted by atomic mass is 127. The standard InChI is InChI=1S/C22H38N4O.HI/c1-5-26(6-2)17-20-10-8-19(9-11-20)16-24-21(23-3)25-18-22(12-7-13-22)14-15-27-4;/h8-11H,5-7,12-18H2,1-4H3,(H2,23,24,25);1H. The van der Waals surface area contributed by atoms with Crippen molar-refractivity contribution in [3.63, 3.8) is 0 Å². The minimum absolute atomic E-state index is 0. The Balaban J connectivity index is 0.00000392. The van der Waals surface area contributed by atoms with Gasteiger partial charge < -0.3 is 15.4 Å². The first-order valence-corrected chi connectivity index (χ1v) is 10.4. The van der Waals surface area contributed by atoms with Gasteiger partial charge in [0.2, 0.25) is 0 Å². The summed E-state index contributed by atoms with van der Waals surface area (Å²) in [5.74, 6) is 0.880. The van der Waals surface area contributed by atoms with Gasteiger partial charge in [0.05, 0.1) is 0 Å². The van der Waals surface area contributed by atoms with Crippen LogP contribution in [0.15, 0.2) is 29.3 Å². The minimum Gasteiger partial charge on any atom is -0.385 e. The van der Waals surface area contributed by atoms with Crippen molar-refractivity contribution in [3.05, 3.63) is 35.4 Å². The van der Waals surface area contributed by atoms with Crippen molar-refractivity contribution in [2.75, 3.05) is 40.4 Å². The molecule has 0 unspecified atom stereocenters. The molecule has 0 amide bonds. The maximum atomic E-state index is 5.28. The zero-order valence-corrected chi connectivity index (χ0v) is 20.4. The number of ether oxygens (including phenoxy) is 1. The van der Waals surface area contributed by atoms with Gasteiger partial charge >= 0.3 is 0 Å². The Hall–Kier alpha value is -0.860. The van der Waals surface area contributed by atoms with Crippen molar-refractivity contribution in [2.24, 2.45) is 10.4 Å². The van der Waals surface area contributed by atoms with Crippen LogP contribution in [0.2, 0.25) is 0 Å². The Morgan fingerprint density at radius 1 is 1.11 bits per heavy atom. The Morgan fingerprint density at radius 3 is 2.25 bits per heavy atom. The van der Waals surface area contributed by atoms with Crippen LogP contribution in [-0.4, -0.2) is 51.3 Å². The molecule has 28 heavy (non-hydrogen) atoms. The molecule has 0 spiro atoms. The predicted molar refractivity (Wildman–Crippen MR) is 129 cm³/mol. The average molecular weight is 502 g/mol. The fraction of sp³-hybridized carbons (Fsp3) is 0.682. The number of nitrogens with zero attached hydrogens (tertiary/aromatic N) is 2. The van der Waals surface area contributed by atoms with E-state index in [9.17, 15) is 0 Å². The first-order chi connectivity index (χ1) is 13.1. The average Bonchev–Trinajstić information content (AvgIpc) is 2.68. The monoisotopic (exact) mass is 502 g/mol. The molecule has 0 atom stereocenters. The summed E-state index contributed by atoms with van der Waals surface area (Å²) in [6.45, 7) is 10.2. The van der Waals surface area contributed by atoms with E-state index in [2.05, 4.69) is 58.6 Å². The number of hydrogen-bond donors (Lipinski definition) is 2. The van der Waals surface area contributed by atoms with Gasteiger partial charge in [0, 0.05) is 40.4 Å². The zero-order valence-electron chi connectivity index (χ0n) is 18.1. The quantitative estimate of drug-likeness (QED) is 0.273. The molecular formula is C22H39IN4O. The zero-order chi connectivity index (χ0) is 19.5. The van der Waals surface area contributed by atoms with E-state index in [0.717, 1.165) is 51.7 Å². The molecule has 2 N–H and O–H groups in total. The Morgan fingerprint density at radius 2 is 1.75 bits per heavy atom. The van der Waals surface area contributed by atoms with Gasteiger partial charge in [-0.2, -0.15) is 0 Å². The lowest BCUT2D eigenvalue weighted by atomic mass is 9.67. The van der Waals surface area contributed by atoms with Crippen LogP contribution in [0.3, 0.4) is 0 Å². The second kappa shape index (κ2) is 13.4. The van der Waals surface area contributed by atoms with Crippen molar-refractivity contribution >= 4 is 29.9 Å². The molecule has 1 aliphatic carbocycles. The second-order valence-electron chi connectivity index (χ2n) is 7.65. The molecule has 5 nitrogen and oxygen atoms in total. The topological polar surface area (TPSA) is 48.9 Å². The molecule has 1 fully saturated rings. The summed E-state index contributed by atoms with van der Waals surface area (Å²) in [4.78, 5) is 6.81. The Labute approximate surface area is 188 Å².